The number of fused-ring (bicyclic) bond motifs is 1. The zero-order valence-corrected chi connectivity index (χ0v) is 22.0. The molecule has 0 atom stereocenters. The number of ether oxygens (including phenoxy) is 1. The fourth-order valence-electron chi connectivity index (χ4n) is 4.62. The fourth-order valence-corrected chi connectivity index (χ4v) is 4.85. The molecule has 3 N–H and O–H groups in total. The number of hydrogen-bond donors (Lipinski definition) is 2. The Balaban J connectivity index is 1.63. The molecule has 40 heavy (non-hydrogen) atoms. The van der Waals surface area contributed by atoms with Crippen LogP contribution in [-0.4, -0.2) is 38.3 Å². The van der Waals surface area contributed by atoms with Gasteiger partial charge >= 0.3 is 6.18 Å². The first-order chi connectivity index (χ1) is 19.1. The highest BCUT2D eigenvalue weighted by Gasteiger charge is 2.31. The van der Waals surface area contributed by atoms with Crippen LogP contribution in [0.3, 0.4) is 0 Å². The van der Waals surface area contributed by atoms with Crippen molar-refractivity contribution in [1.29, 1.82) is 0 Å². The minimum absolute atomic E-state index is 0.0109. The summed E-state index contributed by atoms with van der Waals surface area (Å²) in [7, 11) is 0. The van der Waals surface area contributed by atoms with Gasteiger partial charge in [-0.1, -0.05) is 42.8 Å². The number of rotatable bonds is 6. The van der Waals surface area contributed by atoms with Crippen LogP contribution in [0.15, 0.2) is 53.3 Å². The van der Waals surface area contributed by atoms with Gasteiger partial charge < -0.3 is 20.4 Å². The van der Waals surface area contributed by atoms with Gasteiger partial charge in [-0.2, -0.15) is 22.7 Å². The predicted molar refractivity (Wildman–Crippen MR) is 145 cm³/mol. The maximum absolute atomic E-state index is 13.8. The molecule has 1 aliphatic heterocycles. The summed E-state index contributed by atoms with van der Waals surface area (Å²) in [5.74, 6) is -0.125. The van der Waals surface area contributed by atoms with Crippen molar-refractivity contribution in [3.63, 3.8) is 0 Å². The summed E-state index contributed by atoms with van der Waals surface area (Å²) in [6, 6.07) is 9.54. The molecule has 0 aliphatic carbocycles. The maximum Gasteiger partial charge on any atom is 0.416 e. The third-order valence-electron chi connectivity index (χ3n) is 6.54. The first-order valence-electron chi connectivity index (χ1n) is 12.4. The summed E-state index contributed by atoms with van der Waals surface area (Å²) in [5, 5.41) is 6.77. The molecule has 5 rings (SSSR count). The summed E-state index contributed by atoms with van der Waals surface area (Å²) < 4.78 is 47.2. The van der Waals surface area contributed by atoms with Crippen molar-refractivity contribution in [1.82, 2.24) is 19.2 Å². The molecule has 0 bridgehead atoms. The van der Waals surface area contributed by atoms with E-state index in [9.17, 15) is 22.8 Å². The number of nitrogens with zero attached hydrogens (tertiary/aromatic N) is 4. The Morgan fingerprint density at radius 1 is 1.23 bits per heavy atom. The average molecular weight is 573 g/mol. The molecular weight excluding hydrogens is 549 g/mol. The number of nitrogen functional groups attached to an aromatic ring is 1. The number of halogens is 4. The van der Waals surface area contributed by atoms with E-state index in [1.165, 1.54) is 0 Å². The van der Waals surface area contributed by atoms with E-state index >= 15 is 0 Å². The van der Waals surface area contributed by atoms with Gasteiger partial charge in [0, 0.05) is 16.9 Å². The number of benzene rings is 2. The van der Waals surface area contributed by atoms with Gasteiger partial charge in [0.2, 0.25) is 11.7 Å². The number of carbonyl (C=O) groups excluding carboxylic acids is 1. The van der Waals surface area contributed by atoms with Gasteiger partial charge in [-0.3, -0.25) is 9.59 Å². The third kappa shape index (κ3) is 5.19. The molecule has 3 heterocycles. The van der Waals surface area contributed by atoms with E-state index in [2.05, 4.69) is 15.4 Å². The summed E-state index contributed by atoms with van der Waals surface area (Å²) in [6.45, 7) is 2.36. The summed E-state index contributed by atoms with van der Waals surface area (Å²) >= 11 is 6.05. The van der Waals surface area contributed by atoms with Crippen molar-refractivity contribution >= 4 is 40.2 Å². The highest BCUT2D eigenvalue weighted by Crippen LogP contribution is 2.34. The Morgan fingerprint density at radius 2 is 2.00 bits per heavy atom. The number of alkyl halides is 3. The van der Waals surface area contributed by atoms with Gasteiger partial charge in [0.1, 0.15) is 6.54 Å². The lowest BCUT2D eigenvalue weighted by molar-refractivity contribution is -0.137. The topological polar surface area (TPSA) is 117 Å². The third-order valence-corrected chi connectivity index (χ3v) is 6.85. The Kier molecular flexibility index (Phi) is 7.39. The Morgan fingerprint density at radius 3 is 2.65 bits per heavy atom. The average Bonchev–Trinajstić information content (AvgIpc) is 3.38. The van der Waals surface area contributed by atoms with Crippen LogP contribution in [0.4, 0.5) is 24.5 Å². The largest absolute Gasteiger partial charge is 0.416 e. The normalized spacial score (nSPS) is 13.9. The molecule has 0 fully saturated rings. The fraction of sp³-hybridized carbons (Fsp3) is 0.259. The van der Waals surface area contributed by atoms with Gasteiger partial charge in [0.05, 0.1) is 35.1 Å². The van der Waals surface area contributed by atoms with Gasteiger partial charge in [-0.25, -0.2) is 0 Å². The molecule has 0 saturated heterocycles. The lowest BCUT2D eigenvalue weighted by atomic mass is 10.0. The zero-order valence-electron chi connectivity index (χ0n) is 21.3. The summed E-state index contributed by atoms with van der Waals surface area (Å²) in [4.78, 5) is 31.6. The highest BCUT2D eigenvalue weighted by atomic mass is 35.5. The van der Waals surface area contributed by atoms with Gasteiger partial charge in [0.15, 0.2) is 5.82 Å². The number of nitrogens with one attached hydrogen (secondary N) is 1. The van der Waals surface area contributed by atoms with Crippen molar-refractivity contribution in [3.05, 3.63) is 81.0 Å². The molecule has 9 nitrogen and oxygen atoms in total. The van der Waals surface area contributed by atoms with Crippen molar-refractivity contribution in [2.24, 2.45) is 0 Å². The van der Waals surface area contributed by atoms with Crippen molar-refractivity contribution in [3.8, 4) is 11.1 Å². The molecule has 0 unspecified atom stereocenters. The molecule has 0 spiro atoms. The number of para-hydroxylation sites is 1. The van der Waals surface area contributed by atoms with Crippen LogP contribution in [0.5, 0.6) is 0 Å². The molecule has 1 aliphatic rings. The van der Waals surface area contributed by atoms with E-state index in [1.807, 2.05) is 13.0 Å². The van der Waals surface area contributed by atoms with Crippen molar-refractivity contribution in [2.75, 3.05) is 24.3 Å². The second-order valence-corrected chi connectivity index (χ2v) is 9.50. The van der Waals surface area contributed by atoms with Gasteiger partial charge in [0.25, 0.3) is 5.56 Å². The van der Waals surface area contributed by atoms with E-state index < -0.39 is 23.2 Å². The van der Waals surface area contributed by atoms with Crippen LogP contribution in [0.1, 0.15) is 30.4 Å². The smallest absolute Gasteiger partial charge is 0.398 e. The van der Waals surface area contributed by atoms with Crippen molar-refractivity contribution in [2.45, 2.75) is 32.5 Å². The number of anilines is 2. The number of hydrogen-bond acceptors (Lipinski definition) is 6. The molecule has 13 heteroatoms. The number of nitrogens with two attached hydrogens (primary N) is 1. The van der Waals surface area contributed by atoms with E-state index in [4.69, 9.17) is 22.1 Å². The molecule has 1 amide bonds. The first kappa shape index (κ1) is 27.4. The van der Waals surface area contributed by atoms with Crippen LogP contribution in [0, 0.1) is 0 Å². The SMILES string of the molecule is CCc1c(-c2ccccc2N)c(=O)n2nc(C3=CCOCC3)nc2n1CC(=O)Nc1ccc(C(F)(F)F)cc1Cl. The second-order valence-electron chi connectivity index (χ2n) is 9.10. The Hall–Kier alpha value is -4.16. The molecule has 2 aromatic carbocycles. The standard InChI is InChI=1S/C27H24ClF3N6O3/c1-2-21-23(17-5-3-4-6-19(17)32)25(39)37-26(34-24(35-37)15-9-11-40-12-10-15)36(21)14-22(38)33-20-8-7-16(13-18(20)28)27(29,30)31/h3-9,13H,2,10-12,14,32H2,1H3,(H,33,38). The monoisotopic (exact) mass is 572 g/mol. The molecule has 0 saturated carbocycles. The highest BCUT2D eigenvalue weighted by molar-refractivity contribution is 6.33. The van der Waals surface area contributed by atoms with Crippen LogP contribution in [-0.2, 0) is 28.7 Å². The maximum atomic E-state index is 13.8. The second kappa shape index (κ2) is 10.8. The molecule has 208 valence electrons. The predicted octanol–water partition coefficient (Wildman–Crippen LogP) is 4.82. The summed E-state index contributed by atoms with van der Waals surface area (Å²) in [5.41, 5.74) is 7.28. The minimum Gasteiger partial charge on any atom is -0.398 e. The van der Waals surface area contributed by atoms with Crippen molar-refractivity contribution < 1.29 is 22.7 Å². The number of carbonyl (C=O) groups is 1. The van der Waals surface area contributed by atoms with E-state index in [0.29, 0.717) is 48.8 Å². The molecule has 4 aromatic rings. The first-order valence-corrected chi connectivity index (χ1v) is 12.8. The minimum atomic E-state index is -4.58. The Bertz CT molecular complexity index is 1710. The lowest BCUT2D eigenvalue weighted by Gasteiger charge is -2.18. The van der Waals surface area contributed by atoms with E-state index in [0.717, 1.165) is 28.3 Å². The van der Waals surface area contributed by atoms with Crippen LogP contribution < -0.4 is 16.6 Å². The van der Waals surface area contributed by atoms with Crippen LogP contribution in [0.25, 0.3) is 22.5 Å². The Labute approximate surface area is 231 Å². The molecule has 2 aromatic heterocycles. The number of amides is 1. The quantitative estimate of drug-likeness (QED) is 0.320. The van der Waals surface area contributed by atoms with Gasteiger partial charge in [-0.05, 0) is 42.7 Å². The zero-order chi connectivity index (χ0) is 28.6. The van der Waals surface area contributed by atoms with E-state index in [-0.39, 0.29) is 28.6 Å². The van der Waals surface area contributed by atoms with Crippen LogP contribution >= 0.6 is 11.6 Å². The summed E-state index contributed by atoms with van der Waals surface area (Å²) in [6.07, 6.45) is -1.85. The van der Waals surface area contributed by atoms with Gasteiger partial charge in [-0.15, -0.1) is 5.10 Å². The lowest BCUT2D eigenvalue weighted by Crippen LogP contribution is -2.29. The molecular formula is C27H24ClF3N6O3. The number of aromatic nitrogens is 4. The van der Waals surface area contributed by atoms with Crippen LogP contribution in [0.2, 0.25) is 5.02 Å². The van der Waals surface area contributed by atoms with E-state index in [1.54, 1.807) is 28.8 Å². The molecule has 0 radical (unpaired) electrons.